The summed E-state index contributed by atoms with van der Waals surface area (Å²) in [5, 5.41) is 0. The number of Topliss-reactive ketones (excluding diaryl/α,β-unsaturated/α-hetero) is 1. The molecule has 88 valence electrons. The highest BCUT2D eigenvalue weighted by Crippen LogP contribution is 2.39. The number of hydrogen-bond donors (Lipinski definition) is 1. The fourth-order valence-electron chi connectivity index (χ4n) is 1.17. The first-order chi connectivity index (χ1) is 7.33. The fourth-order valence-corrected chi connectivity index (χ4v) is 1.84. The lowest BCUT2D eigenvalue weighted by Gasteiger charge is -2.10. The van der Waals surface area contributed by atoms with Crippen LogP contribution in [0.2, 0.25) is 0 Å². The lowest BCUT2D eigenvalue weighted by atomic mass is 10.1. The van der Waals surface area contributed by atoms with Crippen molar-refractivity contribution in [1.82, 2.24) is 0 Å². The number of carbonyl (C=O) groups excluding carboxylic acids is 1. The molecule has 0 aliphatic heterocycles. The number of nitrogen functional groups attached to an aromatic ring is 1. The van der Waals surface area contributed by atoms with Gasteiger partial charge in [-0.05, 0) is 30.0 Å². The molecule has 2 N–H and O–H groups in total. The molecular formula is C10H10F3NOS. The summed E-state index contributed by atoms with van der Waals surface area (Å²) in [5.74, 6) is -0.348. The first-order valence-corrected chi connectivity index (χ1v) is 5.33. The predicted molar refractivity (Wildman–Crippen MR) is 57.4 cm³/mol. The molecule has 0 heterocycles. The number of ketones is 1. The SMILES string of the molecule is CCC(=O)c1cc(N)ccc1SC(F)(F)F. The Kier molecular flexibility index (Phi) is 3.85. The van der Waals surface area contributed by atoms with Gasteiger partial charge in [0.15, 0.2) is 5.78 Å². The third kappa shape index (κ3) is 3.44. The second-order valence-corrected chi connectivity index (χ2v) is 4.19. The third-order valence-electron chi connectivity index (χ3n) is 1.85. The first kappa shape index (κ1) is 12.9. The molecule has 0 aliphatic carbocycles. The van der Waals surface area contributed by atoms with E-state index in [0.29, 0.717) is 0 Å². The Morgan fingerprint density at radius 3 is 2.56 bits per heavy atom. The van der Waals surface area contributed by atoms with Gasteiger partial charge in [0.05, 0.1) is 0 Å². The topological polar surface area (TPSA) is 43.1 Å². The van der Waals surface area contributed by atoms with Crippen LogP contribution in [0, 0.1) is 0 Å². The van der Waals surface area contributed by atoms with Gasteiger partial charge in [0, 0.05) is 22.6 Å². The van der Waals surface area contributed by atoms with Crippen LogP contribution in [0.15, 0.2) is 23.1 Å². The van der Waals surface area contributed by atoms with Crippen LogP contribution < -0.4 is 5.73 Å². The van der Waals surface area contributed by atoms with E-state index in [-0.39, 0.29) is 40.1 Å². The van der Waals surface area contributed by atoms with Crippen LogP contribution in [-0.2, 0) is 0 Å². The summed E-state index contributed by atoms with van der Waals surface area (Å²) in [4.78, 5) is 11.3. The molecule has 0 fully saturated rings. The molecule has 6 heteroatoms. The summed E-state index contributed by atoms with van der Waals surface area (Å²) >= 11 is -0.297. The molecule has 0 unspecified atom stereocenters. The Labute approximate surface area is 95.0 Å². The van der Waals surface area contributed by atoms with Crippen LogP contribution >= 0.6 is 11.8 Å². The van der Waals surface area contributed by atoms with E-state index in [9.17, 15) is 18.0 Å². The van der Waals surface area contributed by atoms with Gasteiger partial charge in [-0.1, -0.05) is 6.92 Å². The van der Waals surface area contributed by atoms with Crippen LogP contribution in [0.3, 0.4) is 0 Å². The largest absolute Gasteiger partial charge is 0.446 e. The molecule has 1 aromatic carbocycles. The van der Waals surface area contributed by atoms with Crippen molar-refractivity contribution in [2.45, 2.75) is 23.7 Å². The summed E-state index contributed by atoms with van der Waals surface area (Å²) in [5.41, 5.74) is 1.35. The Hall–Kier alpha value is -1.17. The van der Waals surface area contributed by atoms with E-state index in [4.69, 9.17) is 5.73 Å². The highest BCUT2D eigenvalue weighted by Gasteiger charge is 2.31. The number of alkyl halides is 3. The summed E-state index contributed by atoms with van der Waals surface area (Å²) in [6, 6.07) is 3.84. The van der Waals surface area contributed by atoms with Crippen LogP contribution in [-0.4, -0.2) is 11.3 Å². The molecule has 0 saturated carbocycles. The summed E-state index contributed by atoms with van der Waals surface area (Å²) in [7, 11) is 0. The summed E-state index contributed by atoms with van der Waals surface area (Å²) in [6.07, 6.45) is 0.148. The van der Waals surface area contributed by atoms with Crippen molar-refractivity contribution < 1.29 is 18.0 Å². The maximum absolute atomic E-state index is 12.2. The maximum Gasteiger partial charge on any atom is 0.446 e. The van der Waals surface area contributed by atoms with Gasteiger partial charge in [0.2, 0.25) is 0 Å². The first-order valence-electron chi connectivity index (χ1n) is 4.52. The van der Waals surface area contributed by atoms with Crippen molar-refractivity contribution >= 4 is 23.2 Å². The molecule has 1 rings (SSSR count). The van der Waals surface area contributed by atoms with Gasteiger partial charge in [-0.25, -0.2) is 0 Å². The molecule has 1 aromatic rings. The van der Waals surface area contributed by atoms with Crippen LogP contribution in [0.5, 0.6) is 0 Å². The van der Waals surface area contributed by atoms with Crippen LogP contribution in [0.25, 0.3) is 0 Å². The smallest absolute Gasteiger partial charge is 0.399 e. The van der Waals surface area contributed by atoms with Crippen molar-refractivity contribution in [2.75, 3.05) is 5.73 Å². The number of nitrogens with two attached hydrogens (primary N) is 1. The highest BCUT2D eigenvalue weighted by molar-refractivity contribution is 8.00. The lowest BCUT2D eigenvalue weighted by molar-refractivity contribution is -0.0328. The quantitative estimate of drug-likeness (QED) is 0.506. The van der Waals surface area contributed by atoms with E-state index in [0.717, 1.165) is 0 Å². The fraction of sp³-hybridized carbons (Fsp3) is 0.300. The average Bonchev–Trinajstić information content (AvgIpc) is 2.17. The Morgan fingerprint density at radius 1 is 1.44 bits per heavy atom. The molecule has 0 aliphatic rings. The summed E-state index contributed by atoms with van der Waals surface area (Å²) in [6.45, 7) is 1.59. The number of benzene rings is 1. The monoisotopic (exact) mass is 249 g/mol. The molecule has 0 saturated heterocycles. The van der Waals surface area contributed by atoms with Gasteiger partial charge >= 0.3 is 5.51 Å². The van der Waals surface area contributed by atoms with Gasteiger partial charge in [0.25, 0.3) is 0 Å². The molecule has 0 spiro atoms. The Balaban J connectivity index is 3.13. The third-order valence-corrected chi connectivity index (χ3v) is 2.66. The Bertz CT molecular complexity index is 404. The van der Waals surface area contributed by atoms with Crippen LogP contribution in [0.4, 0.5) is 18.9 Å². The van der Waals surface area contributed by atoms with E-state index in [1.165, 1.54) is 18.2 Å². The molecule has 0 aromatic heterocycles. The minimum atomic E-state index is -4.40. The molecule has 0 radical (unpaired) electrons. The number of hydrogen-bond acceptors (Lipinski definition) is 3. The minimum Gasteiger partial charge on any atom is -0.399 e. The van der Waals surface area contributed by atoms with Crippen LogP contribution in [0.1, 0.15) is 23.7 Å². The van der Waals surface area contributed by atoms with E-state index < -0.39 is 5.51 Å². The molecule has 0 amide bonds. The van der Waals surface area contributed by atoms with E-state index in [1.807, 2.05) is 0 Å². The maximum atomic E-state index is 12.2. The second-order valence-electron chi connectivity index (χ2n) is 3.08. The standard InChI is InChI=1S/C10H10F3NOS/c1-2-8(15)7-5-6(14)3-4-9(7)16-10(11,12)13/h3-5H,2,14H2,1H3. The molecule has 0 bridgehead atoms. The predicted octanol–water partition coefficient (Wildman–Crippen LogP) is 3.47. The zero-order valence-electron chi connectivity index (χ0n) is 8.47. The number of halogens is 3. The zero-order valence-corrected chi connectivity index (χ0v) is 9.28. The van der Waals surface area contributed by atoms with Gasteiger partial charge in [-0.3, -0.25) is 4.79 Å². The molecule has 0 atom stereocenters. The molecule has 16 heavy (non-hydrogen) atoms. The van der Waals surface area contributed by atoms with Crippen molar-refractivity contribution in [3.8, 4) is 0 Å². The van der Waals surface area contributed by atoms with Crippen molar-refractivity contribution in [2.24, 2.45) is 0 Å². The summed E-state index contributed by atoms with van der Waals surface area (Å²) < 4.78 is 36.6. The molecule has 2 nitrogen and oxygen atoms in total. The average molecular weight is 249 g/mol. The second kappa shape index (κ2) is 4.78. The van der Waals surface area contributed by atoms with E-state index >= 15 is 0 Å². The van der Waals surface area contributed by atoms with Gasteiger partial charge in [-0.2, -0.15) is 13.2 Å². The number of thioether (sulfide) groups is 1. The van der Waals surface area contributed by atoms with Gasteiger partial charge < -0.3 is 5.73 Å². The van der Waals surface area contributed by atoms with E-state index in [2.05, 4.69) is 0 Å². The highest BCUT2D eigenvalue weighted by atomic mass is 32.2. The van der Waals surface area contributed by atoms with Crippen molar-refractivity contribution in [3.63, 3.8) is 0 Å². The van der Waals surface area contributed by atoms with Gasteiger partial charge in [-0.15, -0.1) is 0 Å². The van der Waals surface area contributed by atoms with E-state index in [1.54, 1.807) is 6.92 Å². The number of anilines is 1. The zero-order chi connectivity index (χ0) is 12.3. The van der Waals surface area contributed by atoms with Crippen molar-refractivity contribution in [1.29, 1.82) is 0 Å². The minimum absolute atomic E-state index is 0.0322. The lowest BCUT2D eigenvalue weighted by Crippen LogP contribution is -2.05. The van der Waals surface area contributed by atoms with Gasteiger partial charge in [0.1, 0.15) is 0 Å². The Morgan fingerprint density at radius 2 is 2.06 bits per heavy atom. The van der Waals surface area contributed by atoms with Crippen molar-refractivity contribution in [3.05, 3.63) is 23.8 Å². The molecular weight excluding hydrogens is 239 g/mol. The number of rotatable bonds is 3. The number of carbonyl (C=O) groups is 1. The normalized spacial score (nSPS) is 11.5.